The van der Waals surface area contributed by atoms with Gasteiger partial charge in [-0.05, 0) is 69.6 Å². The highest BCUT2D eigenvalue weighted by Crippen LogP contribution is 2.17. The Kier molecular flexibility index (Phi) is 7.03. The topological polar surface area (TPSA) is 73.5 Å². The number of amides is 2. The molecule has 1 aromatic carbocycles. The normalized spacial score (nSPS) is 21.6. The van der Waals surface area contributed by atoms with Gasteiger partial charge in [0.05, 0.1) is 12.5 Å². The van der Waals surface area contributed by atoms with Gasteiger partial charge in [0.25, 0.3) is 0 Å². The maximum atomic E-state index is 12.3. The summed E-state index contributed by atoms with van der Waals surface area (Å²) in [6.45, 7) is 4.21. The van der Waals surface area contributed by atoms with Crippen molar-refractivity contribution in [2.75, 3.05) is 43.4 Å². The standard InChI is InChI=1S/C20H30N4O2/c25-19(15-24-12-3-1-2-4-13-24)22-17-7-9-18(10-8-17)23-20(26)16-6-5-11-21-14-16/h7-10,16,21H,1-6,11-15H2,(H,22,25)(H,23,26). The van der Waals surface area contributed by atoms with Crippen LogP contribution in [0.1, 0.15) is 38.5 Å². The Balaban J connectivity index is 1.46. The number of hydrogen-bond donors (Lipinski definition) is 3. The highest BCUT2D eigenvalue weighted by molar-refractivity contribution is 5.94. The number of piperidine rings is 1. The van der Waals surface area contributed by atoms with E-state index in [1.54, 1.807) is 0 Å². The fourth-order valence-corrected chi connectivity index (χ4v) is 3.65. The van der Waals surface area contributed by atoms with Gasteiger partial charge in [-0.1, -0.05) is 12.8 Å². The first-order valence-electron chi connectivity index (χ1n) is 9.84. The number of anilines is 2. The van der Waals surface area contributed by atoms with E-state index >= 15 is 0 Å². The molecule has 0 aromatic heterocycles. The van der Waals surface area contributed by atoms with Crippen molar-refractivity contribution >= 4 is 23.2 Å². The largest absolute Gasteiger partial charge is 0.326 e. The molecular formula is C20H30N4O2. The molecule has 1 unspecified atom stereocenters. The zero-order valence-corrected chi connectivity index (χ0v) is 15.4. The van der Waals surface area contributed by atoms with Gasteiger partial charge in [-0.15, -0.1) is 0 Å². The van der Waals surface area contributed by atoms with Crippen LogP contribution in [0.2, 0.25) is 0 Å². The maximum Gasteiger partial charge on any atom is 0.238 e. The molecule has 3 rings (SSSR count). The molecule has 0 bridgehead atoms. The fraction of sp³-hybridized carbons (Fsp3) is 0.600. The lowest BCUT2D eigenvalue weighted by Crippen LogP contribution is -2.37. The van der Waals surface area contributed by atoms with Crippen molar-refractivity contribution in [2.24, 2.45) is 5.92 Å². The van der Waals surface area contributed by atoms with Gasteiger partial charge >= 0.3 is 0 Å². The molecule has 0 aliphatic carbocycles. The zero-order chi connectivity index (χ0) is 18.2. The van der Waals surface area contributed by atoms with E-state index in [2.05, 4.69) is 20.9 Å². The molecule has 1 atom stereocenters. The smallest absolute Gasteiger partial charge is 0.238 e. The predicted molar refractivity (Wildman–Crippen MR) is 104 cm³/mol. The molecule has 0 radical (unpaired) electrons. The van der Waals surface area contributed by atoms with E-state index in [9.17, 15) is 9.59 Å². The number of carbonyl (C=O) groups is 2. The first-order valence-corrected chi connectivity index (χ1v) is 9.84. The SMILES string of the molecule is O=C(CN1CCCCCC1)Nc1ccc(NC(=O)C2CCCNC2)cc1. The van der Waals surface area contributed by atoms with Crippen LogP contribution in [-0.4, -0.2) is 49.4 Å². The Morgan fingerprint density at radius 1 is 0.962 bits per heavy atom. The van der Waals surface area contributed by atoms with Gasteiger partial charge in [-0.3, -0.25) is 14.5 Å². The molecule has 2 fully saturated rings. The summed E-state index contributed by atoms with van der Waals surface area (Å²) >= 11 is 0. The van der Waals surface area contributed by atoms with E-state index in [4.69, 9.17) is 0 Å². The molecule has 1 aromatic rings. The highest BCUT2D eigenvalue weighted by atomic mass is 16.2. The molecule has 2 aliphatic rings. The van der Waals surface area contributed by atoms with Crippen LogP contribution in [0.5, 0.6) is 0 Å². The zero-order valence-electron chi connectivity index (χ0n) is 15.4. The number of carbonyl (C=O) groups excluding carboxylic acids is 2. The summed E-state index contributed by atoms with van der Waals surface area (Å²) in [5.41, 5.74) is 1.54. The highest BCUT2D eigenvalue weighted by Gasteiger charge is 2.20. The Hall–Kier alpha value is -1.92. The summed E-state index contributed by atoms with van der Waals surface area (Å²) < 4.78 is 0. The van der Waals surface area contributed by atoms with E-state index in [-0.39, 0.29) is 17.7 Å². The third-order valence-electron chi connectivity index (χ3n) is 5.17. The lowest BCUT2D eigenvalue weighted by Gasteiger charge is -2.22. The lowest BCUT2D eigenvalue weighted by atomic mass is 9.99. The second kappa shape index (κ2) is 9.69. The molecule has 0 saturated carbocycles. The van der Waals surface area contributed by atoms with E-state index in [0.717, 1.165) is 50.4 Å². The summed E-state index contributed by atoms with van der Waals surface area (Å²) in [7, 11) is 0. The molecule has 2 aliphatic heterocycles. The van der Waals surface area contributed by atoms with Gasteiger partial charge in [0.2, 0.25) is 11.8 Å². The van der Waals surface area contributed by atoms with Crippen molar-refractivity contribution in [1.82, 2.24) is 10.2 Å². The van der Waals surface area contributed by atoms with Gasteiger partial charge in [0.15, 0.2) is 0 Å². The van der Waals surface area contributed by atoms with Crippen molar-refractivity contribution in [3.8, 4) is 0 Å². The molecule has 26 heavy (non-hydrogen) atoms. The van der Waals surface area contributed by atoms with Crippen LogP contribution in [0.3, 0.4) is 0 Å². The molecular weight excluding hydrogens is 328 g/mol. The Labute approximate surface area is 155 Å². The third kappa shape index (κ3) is 5.81. The monoisotopic (exact) mass is 358 g/mol. The minimum absolute atomic E-state index is 0.0250. The summed E-state index contributed by atoms with van der Waals surface area (Å²) in [4.78, 5) is 26.7. The van der Waals surface area contributed by atoms with Crippen molar-refractivity contribution in [1.29, 1.82) is 0 Å². The molecule has 2 amide bonds. The van der Waals surface area contributed by atoms with Gasteiger partial charge in [-0.25, -0.2) is 0 Å². The van der Waals surface area contributed by atoms with Crippen LogP contribution < -0.4 is 16.0 Å². The van der Waals surface area contributed by atoms with E-state index in [0.29, 0.717) is 6.54 Å². The number of rotatable bonds is 5. The number of nitrogens with one attached hydrogen (secondary N) is 3. The average Bonchev–Trinajstić information content (AvgIpc) is 2.92. The summed E-state index contributed by atoms with van der Waals surface area (Å²) in [6, 6.07) is 7.37. The molecule has 6 heteroatoms. The molecule has 3 N–H and O–H groups in total. The maximum absolute atomic E-state index is 12.3. The number of benzene rings is 1. The number of hydrogen-bond acceptors (Lipinski definition) is 4. The minimum atomic E-state index is 0.0250. The van der Waals surface area contributed by atoms with Crippen LogP contribution >= 0.6 is 0 Å². The second-order valence-electron chi connectivity index (χ2n) is 7.35. The predicted octanol–water partition coefficient (Wildman–Crippen LogP) is 2.44. The minimum Gasteiger partial charge on any atom is -0.326 e. The van der Waals surface area contributed by atoms with E-state index in [1.807, 2.05) is 24.3 Å². The van der Waals surface area contributed by atoms with Gasteiger partial charge in [0.1, 0.15) is 0 Å². The average molecular weight is 358 g/mol. The van der Waals surface area contributed by atoms with Gasteiger partial charge < -0.3 is 16.0 Å². The van der Waals surface area contributed by atoms with Crippen molar-refractivity contribution < 1.29 is 9.59 Å². The van der Waals surface area contributed by atoms with E-state index < -0.39 is 0 Å². The van der Waals surface area contributed by atoms with Crippen LogP contribution in [0.25, 0.3) is 0 Å². The Bertz CT molecular complexity index is 588. The van der Waals surface area contributed by atoms with Crippen molar-refractivity contribution in [3.05, 3.63) is 24.3 Å². The Morgan fingerprint density at radius 2 is 1.62 bits per heavy atom. The molecule has 142 valence electrons. The lowest BCUT2D eigenvalue weighted by molar-refractivity contribution is -0.120. The third-order valence-corrected chi connectivity index (χ3v) is 5.17. The number of nitrogens with zero attached hydrogens (tertiary/aromatic N) is 1. The quantitative estimate of drug-likeness (QED) is 0.756. The summed E-state index contributed by atoms with van der Waals surface area (Å²) in [5, 5.41) is 9.17. The van der Waals surface area contributed by atoms with Crippen LogP contribution in [0, 0.1) is 5.92 Å². The molecule has 2 saturated heterocycles. The first-order chi connectivity index (χ1) is 12.7. The summed E-state index contributed by atoms with van der Waals surface area (Å²) in [6.07, 6.45) is 6.87. The van der Waals surface area contributed by atoms with E-state index in [1.165, 1.54) is 25.7 Å². The summed E-state index contributed by atoms with van der Waals surface area (Å²) in [5.74, 6) is 0.129. The molecule has 2 heterocycles. The first kappa shape index (κ1) is 18.9. The van der Waals surface area contributed by atoms with Gasteiger partial charge in [0, 0.05) is 17.9 Å². The van der Waals surface area contributed by atoms with Crippen LogP contribution in [0.15, 0.2) is 24.3 Å². The van der Waals surface area contributed by atoms with Crippen molar-refractivity contribution in [3.63, 3.8) is 0 Å². The van der Waals surface area contributed by atoms with Gasteiger partial charge in [-0.2, -0.15) is 0 Å². The van der Waals surface area contributed by atoms with Crippen molar-refractivity contribution in [2.45, 2.75) is 38.5 Å². The fourth-order valence-electron chi connectivity index (χ4n) is 3.65. The Morgan fingerprint density at radius 3 is 2.23 bits per heavy atom. The van der Waals surface area contributed by atoms with Crippen LogP contribution in [-0.2, 0) is 9.59 Å². The second-order valence-corrected chi connectivity index (χ2v) is 7.35. The van der Waals surface area contributed by atoms with Crippen LogP contribution in [0.4, 0.5) is 11.4 Å². The molecule has 0 spiro atoms. The molecule has 6 nitrogen and oxygen atoms in total. The number of likely N-dealkylation sites (tertiary alicyclic amines) is 1.